The highest BCUT2D eigenvalue weighted by atomic mass is 16.2. The number of benzene rings is 1. The first-order valence-corrected chi connectivity index (χ1v) is 6.87. The monoisotopic (exact) mass is 281 g/mol. The average Bonchev–Trinajstić information content (AvgIpc) is 2.98. The number of nitrogens with one attached hydrogen (secondary N) is 1. The minimum atomic E-state index is -0.337. The van der Waals surface area contributed by atoms with Crippen molar-refractivity contribution in [2.75, 3.05) is 5.32 Å². The molecule has 2 aromatic rings. The summed E-state index contributed by atoms with van der Waals surface area (Å²) < 4.78 is 1.62. The summed E-state index contributed by atoms with van der Waals surface area (Å²) in [5.74, 6) is 0.453. The van der Waals surface area contributed by atoms with Crippen molar-refractivity contribution in [1.82, 2.24) is 9.55 Å². The van der Waals surface area contributed by atoms with Crippen LogP contribution in [0.2, 0.25) is 0 Å². The molecule has 0 radical (unpaired) electrons. The number of hydrogen-bond donors (Lipinski definition) is 1. The van der Waals surface area contributed by atoms with Gasteiger partial charge in [0, 0.05) is 19.0 Å². The first-order chi connectivity index (χ1) is 10.2. The fraction of sp³-hybridized carbons (Fsp3) is 0.188. The summed E-state index contributed by atoms with van der Waals surface area (Å²) in [6, 6.07) is 9.50. The van der Waals surface area contributed by atoms with E-state index in [-0.39, 0.29) is 17.2 Å². The van der Waals surface area contributed by atoms with Gasteiger partial charge >= 0.3 is 0 Å². The molecule has 1 aliphatic heterocycles. The Morgan fingerprint density at radius 1 is 1.29 bits per heavy atom. The minimum absolute atomic E-state index is 0.182. The third-order valence-corrected chi connectivity index (χ3v) is 3.40. The SMILES string of the molecule is O=C(C=Cc1ccccc1)Nc1cnc2n(c1=O)CCC2. The zero-order valence-corrected chi connectivity index (χ0v) is 11.5. The van der Waals surface area contributed by atoms with Gasteiger partial charge in [-0.05, 0) is 18.1 Å². The number of rotatable bonds is 3. The number of hydrogen-bond acceptors (Lipinski definition) is 3. The largest absolute Gasteiger partial charge is 0.317 e. The van der Waals surface area contributed by atoms with Crippen LogP contribution in [0.3, 0.4) is 0 Å². The minimum Gasteiger partial charge on any atom is -0.317 e. The molecule has 0 saturated heterocycles. The fourth-order valence-electron chi connectivity index (χ4n) is 2.35. The van der Waals surface area contributed by atoms with Crippen LogP contribution >= 0.6 is 0 Å². The second-order valence-corrected chi connectivity index (χ2v) is 4.88. The molecule has 0 spiro atoms. The number of anilines is 1. The van der Waals surface area contributed by atoms with Gasteiger partial charge in [0.15, 0.2) is 0 Å². The molecule has 106 valence electrons. The van der Waals surface area contributed by atoms with Crippen LogP contribution in [-0.2, 0) is 17.8 Å². The number of carbonyl (C=O) groups is 1. The molecule has 1 aliphatic rings. The van der Waals surface area contributed by atoms with E-state index in [1.165, 1.54) is 12.3 Å². The molecule has 1 aromatic heterocycles. The molecule has 1 N–H and O–H groups in total. The Balaban J connectivity index is 1.74. The predicted molar refractivity (Wildman–Crippen MR) is 80.9 cm³/mol. The first kappa shape index (κ1) is 13.3. The Bertz CT molecular complexity index is 748. The summed E-state index contributed by atoms with van der Waals surface area (Å²) in [6.07, 6.45) is 6.29. The summed E-state index contributed by atoms with van der Waals surface area (Å²) >= 11 is 0. The van der Waals surface area contributed by atoms with Gasteiger partial charge in [-0.2, -0.15) is 0 Å². The van der Waals surface area contributed by atoms with E-state index in [0.717, 1.165) is 24.2 Å². The highest BCUT2D eigenvalue weighted by Gasteiger charge is 2.15. The van der Waals surface area contributed by atoms with Gasteiger partial charge in [-0.15, -0.1) is 0 Å². The molecule has 0 aliphatic carbocycles. The van der Waals surface area contributed by atoms with E-state index in [1.807, 2.05) is 30.3 Å². The number of fused-ring (bicyclic) bond motifs is 1. The molecule has 3 rings (SSSR count). The van der Waals surface area contributed by atoms with Crippen LogP contribution in [0.4, 0.5) is 5.69 Å². The predicted octanol–water partition coefficient (Wildman–Crippen LogP) is 1.84. The lowest BCUT2D eigenvalue weighted by Gasteiger charge is -2.05. The first-order valence-electron chi connectivity index (χ1n) is 6.87. The van der Waals surface area contributed by atoms with Crippen molar-refractivity contribution in [3.63, 3.8) is 0 Å². The summed E-state index contributed by atoms with van der Waals surface area (Å²) in [5, 5.41) is 2.59. The molecule has 21 heavy (non-hydrogen) atoms. The number of carbonyl (C=O) groups excluding carboxylic acids is 1. The van der Waals surface area contributed by atoms with Gasteiger partial charge in [-0.25, -0.2) is 4.98 Å². The van der Waals surface area contributed by atoms with Crippen LogP contribution in [0.1, 0.15) is 17.8 Å². The van der Waals surface area contributed by atoms with Crippen molar-refractivity contribution in [3.8, 4) is 0 Å². The molecular weight excluding hydrogens is 266 g/mol. The second kappa shape index (κ2) is 5.75. The van der Waals surface area contributed by atoms with Crippen LogP contribution in [0.5, 0.6) is 0 Å². The average molecular weight is 281 g/mol. The van der Waals surface area contributed by atoms with Crippen LogP contribution in [0.25, 0.3) is 6.08 Å². The van der Waals surface area contributed by atoms with Gasteiger partial charge in [-0.1, -0.05) is 30.3 Å². The lowest BCUT2D eigenvalue weighted by molar-refractivity contribution is -0.111. The molecule has 2 heterocycles. The van der Waals surface area contributed by atoms with Gasteiger partial charge in [0.2, 0.25) is 5.91 Å². The lowest BCUT2D eigenvalue weighted by Crippen LogP contribution is -2.25. The van der Waals surface area contributed by atoms with Crippen molar-refractivity contribution in [3.05, 3.63) is 64.3 Å². The van der Waals surface area contributed by atoms with Crippen molar-refractivity contribution < 1.29 is 4.79 Å². The highest BCUT2D eigenvalue weighted by molar-refractivity contribution is 6.01. The Labute approximate surface area is 122 Å². The van der Waals surface area contributed by atoms with Gasteiger partial charge in [0.05, 0.1) is 6.20 Å². The number of nitrogens with zero attached hydrogens (tertiary/aromatic N) is 2. The fourth-order valence-corrected chi connectivity index (χ4v) is 2.35. The van der Waals surface area contributed by atoms with Crippen LogP contribution in [0, 0.1) is 0 Å². The molecule has 5 heteroatoms. The van der Waals surface area contributed by atoms with Crippen molar-refractivity contribution in [1.29, 1.82) is 0 Å². The Morgan fingerprint density at radius 3 is 2.90 bits per heavy atom. The number of aryl methyl sites for hydroxylation is 1. The van der Waals surface area contributed by atoms with Gasteiger partial charge in [-0.3, -0.25) is 14.2 Å². The summed E-state index contributed by atoms with van der Waals surface area (Å²) in [6.45, 7) is 0.671. The second-order valence-electron chi connectivity index (χ2n) is 4.88. The zero-order valence-electron chi connectivity index (χ0n) is 11.5. The highest BCUT2D eigenvalue weighted by Crippen LogP contribution is 2.10. The lowest BCUT2D eigenvalue weighted by atomic mass is 10.2. The van der Waals surface area contributed by atoms with E-state index in [0.29, 0.717) is 6.54 Å². The summed E-state index contributed by atoms with van der Waals surface area (Å²) in [5.41, 5.74) is 0.971. The molecule has 5 nitrogen and oxygen atoms in total. The standard InChI is InChI=1S/C16H15N3O2/c20-15(9-8-12-5-2-1-3-6-12)18-13-11-17-14-7-4-10-19(14)16(13)21/h1-3,5-6,8-9,11H,4,7,10H2,(H,18,20). The molecule has 0 unspecified atom stereocenters. The van der Waals surface area contributed by atoms with Crippen molar-refractivity contribution in [2.24, 2.45) is 0 Å². The Hall–Kier alpha value is -2.69. The molecule has 0 saturated carbocycles. The van der Waals surface area contributed by atoms with E-state index in [2.05, 4.69) is 10.3 Å². The molecule has 0 atom stereocenters. The van der Waals surface area contributed by atoms with E-state index in [9.17, 15) is 9.59 Å². The maximum absolute atomic E-state index is 12.2. The van der Waals surface area contributed by atoms with Gasteiger partial charge in [0.1, 0.15) is 11.5 Å². The van der Waals surface area contributed by atoms with E-state index in [1.54, 1.807) is 10.6 Å². The Kier molecular flexibility index (Phi) is 3.64. The smallest absolute Gasteiger partial charge is 0.277 e. The third kappa shape index (κ3) is 2.91. The maximum Gasteiger partial charge on any atom is 0.277 e. The topological polar surface area (TPSA) is 64.0 Å². The molecule has 0 bridgehead atoms. The Morgan fingerprint density at radius 2 is 2.10 bits per heavy atom. The molecule has 1 aromatic carbocycles. The quantitative estimate of drug-likeness (QED) is 0.873. The number of aromatic nitrogens is 2. The summed E-state index contributed by atoms with van der Waals surface area (Å²) in [7, 11) is 0. The third-order valence-electron chi connectivity index (χ3n) is 3.40. The van der Waals surface area contributed by atoms with Crippen LogP contribution in [-0.4, -0.2) is 15.5 Å². The van der Waals surface area contributed by atoms with E-state index >= 15 is 0 Å². The van der Waals surface area contributed by atoms with Crippen LogP contribution in [0.15, 0.2) is 47.4 Å². The van der Waals surface area contributed by atoms with Crippen molar-refractivity contribution in [2.45, 2.75) is 19.4 Å². The van der Waals surface area contributed by atoms with Gasteiger partial charge in [0.25, 0.3) is 5.56 Å². The molecule has 0 fully saturated rings. The van der Waals surface area contributed by atoms with Gasteiger partial charge < -0.3 is 5.32 Å². The summed E-state index contributed by atoms with van der Waals surface area (Å²) in [4.78, 5) is 28.2. The zero-order chi connectivity index (χ0) is 14.7. The molecule has 1 amide bonds. The number of amides is 1. The van der Waals surface area contributed by atoms with E-state index < -0.39 is 0 Å². The normalized spacial score (nSPS) is 13.3. The maximum atomic E-state index is 12.2. The molecular formula is C16H15N3O2. The van der Waals surface area contributed by atoms with Crippen LogP contribution < -0.4 is 10.9 Å². The van der Waals surface area contributed by atoms with E-state index in [4.69, 9.17) is 0 Å². The van der Waals surface area contributed by atoms with Crippen molar-refractivity contribution >= 4 is 17.7 Å².